The van der Waals surface area contributed by atoms with Crippen molar-refractivity contribution in [1.82, 2.24) is 5.32 Å². The summed E-state index contributed by atoms with van der Waals surface area (Å²) in [6.07, 6.45) is 3.77. The molecule has 1 fully saturated rings. The van der Waals surface area contributed by atoms with E-state index in [0.717, 1.165) is 12.5 Å². The van der Waals surface area contributed by atoms with Crippen molar-refractivity contribution in [3.63, 3.8) is 0 Å². The monoisotopic (exact) mass is 260 g/mol. The van der Waals surface area contributed by atoms with Gasteiger partial charge < -0.3 is 11.1 Å². The predicted molar refractivity (Wildman–Crippen MR) is 82.0 cm³/mol. The summed E-state index contributed by atoms with van der Waals surface area (Å²) in [7, 11) is 0. The summed E-state index contributed by atoms with van der Waals surface area (Å²) < 4.78 is 0. The van der Waals surface area contributed by atoms with Crippen LogP contribution in [0.2, 0.25) is 0 Å². The van der Waals surface area contributed by atoms with Crippen LogP contribution in [0.1, 0.15) is 51.6 Å². The third kappa shape index (κ3) is 3.18. The zero-order valence-electron chi connectivity index (χ0n) is 12.5. The third-order valence-corrected chi connectivity index (χ3v) is 4.95. The highest BCUT2D eigenvalue weighted by molar-refractivity contribution is 5.19. The Balaban J connectivity index is 2.10. The molecule has 106 valence electrons. The van der Waals surface area contributed by atoms with Crippen LogP contribution in [0.25, 0.3) is 0 Å². The van der Waals surface area contributed by atoms with Gasteiger partial charge in [0.15, 0.2) is 0 Å². The van der Waals surface area contributed by atoms with Crippen molar-refractivity contribution in [2.24, 2.45) is 17.6 Å². The summed E-state index contributed by atoms with van der Waals surface area (Å²) in [6.45, 7) is 7.69. The average molecular weight is 260 g/mol. The van der Waals surface area contributed by atoms with Crippen LogP contribution >= 0.6 is 0 Å². The van der Waals surface area contributed by atoms with Crippen LogP contribution in [0.15, 0.2) is 30.3 Å². The molecule has 1 aliphatic carbocycles. The average Bonchev–Trinajstić information content (AvgIpc) is 2.43. The summed E-state index contributed by atoms with van der Waals surface area (Å²) in [5, 5.41) is 3.84. The first-order valence-corrected chi connectivity index (χ1v) is 7.60. The number of benzene rings is 1. The Hall–Kier alpha value is -0.860. The largest absolute Gasteiger partial charge is 0.329 e. The molecule has 0 aliphatic heterocycles. The Morgan fingerprint density at radius 1 is 1.32 bits per heavy atom. The maximum atomic E-state index is 6.14. The van der Waals surface area contributed by atoms with Gasteiger partial charge >= 0.3 is 0 Å². The molecule has 0 spiro atoms. The number of rotatable bonds is 4. The van der Waals surface area contributed by atoms with Gasteiger partial charge in [0.2, 0.25) is 0 Å². The predicted octanol–water partition coefficient (Wildman–Crippen LogP) is 3.49. The number of nitrogens with one attached hydrogen (secondary N) is 1. The highest BCUT2D eigenvalue weighted by Gasteiger charge is 2.39. The summed E-state index contributed by atoms with van der Waals surface area (Å²) in [5.74, 6) is 1.48. The maximum absolute atomic E-state index is 6.14. The van der Waals surface area contributed by atoms with E-state index in [0.29, 0.717) is 12.0 Å². The first-order chi connectivity index (χ1) is 9.07. The van der Waals surface area contributed by atoms with Crippen LogP contribution in [0, 0.1) is 11.8 Å². The summed E-state index contributed by atoms with van der Waals surface area (Å²) in [4.78, 5) is 0. The number of hydrogen-bond acceptors (Lipinski definition) is 2. The minimum absolute atomic E-state index is 0.113. The second-order valence-electron chi connectivity index (χ2n) is 6.42. The van der Waals surface area contributed by atoms with E-state index in [2.05, 4.69) is 56.4 Å². The molecule has 0 aromatic heterocycles. The molecule has 2 nitrogen and oxygen atoms in total. The van der Waals surface area contributed by atoms with Gasteiger partial charge in [0, 0.05) is 18.1 Å². The Morgan fingerprint density at radius 2 is 2.00 bits per heavy atom. The van der Waals surface area contributed by atoms with Crippen LogP contribution in [-0.4, -0.2) is 12.1 Å². The number of nitrogens with two attached hydrogens (primary N) is 1. The summed E-state index contributed by atoms with van der Waals surface area (Å²) in [5.41, 5.74) is 7.60. The zero-order chi connectivity index (χ0) is 13.9. The van der Waals surface area contributed by atoms with Gasteiger partial charge in [-0.2, -0.15) is 0 Å². The van der Waals surface area contributed by atoms with E-state index in [-0.39, 0.29) is 5.54 Å². The quantitative estimate of drug-likeness (QED) is 0.869. The fraction of sp³-hybridized carbons (Fsp3) is 0.647. The van der Waals surface area contributed by atoms with E-state index in [1.165, 1.54) is 24.8 Å². The Labute approximate surface area is 117 Å². The van der Waals surface area contributed by atoms with Crippen LogP contribution in [-0.2, 0) is 0 Å². The fourth-order valence-corrected chi connectivity index (χ4v) is 3.53. The van der Waals surface area contributed by atoms with Gasteiger partial charge in [0.25, 0.3) is 0 Å². The van der Waals surface area contributed by atoms with Crippen molar-refractivity contribution in [3.05, 3.63) is 35.9 Å². The first kappa shape index (κ1) is 14.5. The zero-order valence-corrected chi connectivity index (χ0v) is 12.5. The molecular formula is C17H28N2. The van der Waals surface area contributed by atoms with Gasteiger partial charge in [-0.05, 0) is 43.6 Å². The van der Waals surface area contributed by atoms with Crippen molar-refractivity contribution < 1.29 is 0 Å². The molecule has 4 atom stereocenters. The second-order valence-corrected chi connectivity index (χ2v) is 6.42. The van der Waals surface area contributed by atoms with Crippen molar-refractivity contribution in [1.29, 1.82) is 0 Å². The number of hydrogen-bond donors (Lipinski definition) is 2. The minimum Gasteiger partial charge on any atom is -0.329 e. The lowest BCUT2D eigenvalue weighted by atomic mass is 9.69. The van der Waals surface area contributed by atoms with Gasteiger partial charge in [-0.1, -0.05) is 44.2 Å². The van der Waals surface area contributed by atoms with Crippen LogP contribution in [0.4, 0.5) is 0 Å². The molecule has 1 aliphatic rings. The van der Waals surface area contributed by atoms with Gasteiger partial charge in [0.05, 0.1) is 0 Å². The van der Waals surface area contributed by atoms with E-state index < -0.39 is 0 Å². The van der Waals surface area contributed by atoms with E-state index in [1.807, 2.05) is 0 Å². The second kappa shape index (κ2) is 6.06. The first-order valence-electron chi connectivity index (χ1n) is 7.60. The van der Waals surface area contributed by atoms with E-state index >= 15 is 0 Å². The lowest BCUT2D eigenvalue weighted by Crippen LogP contribution is -2.58. The highest BCUT2D eigenvalue weighted by atomic mass is 15.0. The molecule has 1 aromatic rings. The molecular weight excluding hydrogens is 232 g/mol. The van der Waals surface area contributed by atoms with Gasteiger partial charge in [0.1, 0.15) is 0 Å². The van der Waals surface area contributed by atoms with Crippen LogP contribution < -0.4 is 11.1 Å². The molecule has 1 aromatic carbocycles. The topological polar surface area (TPSA) is 38.0 Å². The molecule has 0 radical (unpaired) electrons. The normalized spacial score (nSPS) is 33.1. The van der Waals surface area contributed by atoms with Crippen LogP contribution in [0.3, 0.4) is 0 Å². The molecule has 0 bridgehead atoms. The van der Waals surface area contributed by atoms with Crippen LogP contribution in [0.5, 0.6) is 0 Å². The Kier molecular flexibility index (Phi) is 4.64. The lowest BCUT2D eigenvalue weighted by molar-refractivity contribution is 0.118. The molecule has 3 N–H and O–H groups in total. The maximum Gasteiger partial charge on any atom is 0.0335 e. The fourth-order valence-electron chi connectivity index (χ4n) is 3.53. The minimum atomic E-state index is 0.113. The molecule has 2 heteroatoms. The molecule has 0 amide bonds. The smallest absolute Gasteiger partial charge is 0.0335 e. The SMILES string of the molecule is CC1CCC(CN)(NC(C)c2ccccc2)C(C)C1. The molecule has 4 unspecified atom stereocenters. The van der Waals surface area contributed by atoms with Gasteiger partial charge in [-0.15, -0.1) is 0 Å². The third-order valence-electron chi connectivity index (χ3n) is 4.95. The van der Waals surface area contributed by atoms with Crippen molar-refractivity contribution in [3.8, 4) is 0 Å². The molecule has 0 heterocycles. The van der Waals surface area contributed by atoms with E-state index in [9.17, 15) is 0 Å². The molecule has 0 saturated heterocycles. The Bertz CT molecular complexity index is 390. The van der Waals surface area contributed by atoms with E-state index in [1.54, 1.807) is 0 Å². The van der Waals surface area contributed by atoms with Gasteiger partial charge in [-0.3, -0.25) is 0 Å². The highest BCUT2D eigenvalue weighted by Crippen LogP contribution is 2.37. The standard InChI is InChI=1S/C17H28N2/c1-13-9-10-17(12-18,14(2)11-13)19-15(3)16-7-5-4-6-8-16/h4-8,13-15,19H,9-12,18H2,1-3H3. The summed E-state index contributed by atoms with van der Waals surface area (Å²) in [6, 6.07) is 11.0. The molecule has 1 saturated carbocycles. The van der Waals surface area contributed by atoms with Gasteiger partial charge in [-0.25, -0.2) is 0 Å². The summed E-state index contributed by atoms with van der Waals surface area (Å²) >= 11 is 0. The molecule has 19 heavy (non-hydrogen) atoms. The lowest BCUT2D eigenvalue weighted by Gasteiger charge is -2.46. The Morgan fingerprint density at radius 3 is 2.58 bits per heavy atom. The molecule has 2 rings (SSSR count). The van der Waals surface area contributed by atoms with E-state index in [4.69, 9.17) is 5.73 Å². The van der Waals surface area contributed by atoms with Crippen molar-refractivity contribution >= 4 is 0 Å². The van der Waals surface area contributed by atoms with Crippen molar-refractivity contribution in [2.45, 2.75) is 51.6 Å². The van der Waals surface area contributed by atoms with Crippen molar-refractivity contribution in [2.75, 3.05) is 6.54 Å².